The molecular weight excluding hydrogens is 110 g/mol. The second-order valence-corrected chi connectivity index (χ2v) is 0.815. The molecule has 0 atom stereocenters. The SMILES string of the molecule is FC(F)OCS. The Morgan fingerprint density at radius 3 is 2.17 bits per heavy atom. The van der Waals surface area contributed by atoms with Crippen LogP contribution < -0.4 is 0 Å². The largest absolute Gasteiger partial charge is 0.346 e. The lowest BCUT2D eigenvalue weighted by atomic mass is 11.4. The first-order valence-corrected chi connectivity index (χ1v) is 1.91. The molecule has 0 fully saturated rings. The van der Waals surface area contributed by atoms with E-state index in [-0.39, 0.29) is 5.94 Å². The summed E-state index contributed by atoms with van der Waals surface area (Å²) >= 11 is 3.36. The van der Waals surface area contributed by atoms with Crippen LogP contribution in [0.5, 0.6) is 0 Å². The van der Waals surface area contributed by atoms with Crippen molar-refractivity contribution in [3.63, 3.8) is 0 Å². The third-order valence-corrected chi connectivity index (χ3v) is 0.350. The van der Waals surface area contributed by atoms with E-state index in [1.807, 2.05) is 0 Å². The average molecular weight is 114 g/mol. The molecule has 0 aromatic carbocycles. The summed E-state index contributed by atoms with van der Waals surface area (Å²) in [5.74, 6) is -0.225. The van der Waals surface area contributed by atoms with E-state index in [0.29, 0.717) is 0 Å². The van der Waals surface area contributed by atoms with E-state index < -0.39 is 6.61 Å². The quantitative estimate of drug-likeness (QED) is 0.418. The second-order valence-electron chi connectivity index (χ2n) is 0.556. The smallest absolute Gasteiger partial charge is 0.312 e. The van der Waals surface area contributed by atoms with Gasteiger partial charge in [-0.1, -0.05) is 0 Å². The van der Waals surface area contributed by atoms with E-state index in [2.05, 4.69) is 17.4 Å². The summed E-state index contributed by atoms with van der Waals surface area (Å²) in [5, 5.41) is 0. The standard InChI is InChI=1S/C2H4F2OS/c3-2(4)5-1-6/h2,6H,1H2. The molecule has 0 bridgehead atoms. The van der Waals surface area contributed by atoms with Gasteiger partial charge in [0.05, 0.1) is 5.94 Å². The Kier molecular flexibility index (Phi) is 3.46. The summed E-state index contributed by atoms with van der Waals surface area (Å²) in [6, 6.07) is 0. The minimum Gasteiger partial charge on any atom is -0.312 e. The third-order valence-electron chi connectivity index (χ3n) is 0.201. The Labute approximate surface area is 39.7 Å². The van der Waals surface area contributed by atoms with Crippen LogP contribution in [0, 0.1) is 0 Å². The fraction of sp³-hybridized carbons (Fsp3) is 1.00. The van der Waals surface area contributed by atoms with Gasteiger partial charge in [-0.3, -0.25) is 0 Å². The van der Waals surface area contributed by atoms with Crippen molar-refractivity contribution < 1.29 is 13.5 Å². The van der Waals surface area contributed by atoms with Crippen molar-refractivity contribution in [2.75, 3.05) is 5.94 Å². The normalized spacial score (nSPS) is 10.0. The molecule has 38 valence electrons. The van der Waals surface area contributed by atoms with Crippen LogP contribution in [0.1, 0.15) is 0 Å². The Morgan fingerprint density at radius 2 is 2.17 bits per heavy atom. The zero-order valence-electron chi connectivity index (χ0n) is 2.90. The van der Waals surface area contributed by atoms with Crippen LogP contribution in [0.15, 0.2) is 0 Å². The van der Waals surface area contributed by atoms with Gasteiger partial charge >= 0.3 is 6.61 Å². The lowest BCUT2D eigenvalue weighted by Gasteiger charge is -1.91. The molecule has 1 nitrogen and oxygen atoms in total. The Bertz CT molecular complexity index is 32.7. The van der Waals surface area contributed by atoms with Gasteiger partial charge in [-0.2, -0.15) is 21.4 Å². The van der Waals surface area contributed by atoms with Crippen molar-refractivity contribution in [3.8, 4) is 0 Å². The molecule has 6 heavy (non-hydrogen) atoms. The molecular formula is C2H4F2OS. The first kappa shape index (κ1) is 6.17. The highest BCUT2D eigenvalue weighted by molar-refractivity contribution is 7.80. The molecule has 0 aromatic rings. The topological polar surface area (TPSA) is 9.23 Å². The Morgan fingerprint density at radius 1 is 1.67 bits per heavy atom. The first-order chi connectivity index (χ1) is 2.77. The number of rotatable bonds is 2. The van der Waals surface area contributed by atoms with E-state index in [1.165, 1.54) is 0 Å². The summed E-state index contributed by atoms with van der Waals surface area (Å²) < 4.78 is 25.1. The summed E-state index contributed by atoms with van der Waals surface area (Å²) in [6.45, 7) is -2.68. The van der Waals surface area contributed by atoms with Crippen molar-refractivity contribution >= 4 is 12.6 Å². The highest BCUT2D eigenvalue weighted by atomic mass is 32.1. The maximum absolute atomic E-state index is 10.8. The summed E-state index contributed by atoms with van der Waals surface area (Å²) in [6.07, 6.45) is 0. The van der Waals surface area contributed by atoms with Crippen LogP contribution in [-0.2, 0) is 4.74 Å². The van der Waals surface area contributed by atoms with Crippen molar-refractivity contribution in [3.05, 3.63) is 0 Å². The van der Waals surface area contributed by atoms with Gasteiger partial charge in [0.25, 0.3) is 0 Å². The van der Waals surface area contributed by atoms with Crippen LogP contribution in [0.25, 0.3) is 0 Å². The zero-order valence-corrected chi connectivity index (χ0v) is 3.79. The Balaban J connectivity index is 2.63. The molecule has 0 unspecified atom stereocenters. The predicted molar refractivity (Wildman–Crippen MR) is 20.9 cm³/mol. The van der Waals surface area contributed by atoms with Gasteiger partial charge in [-0.05, 0) is 0 Å². The molecule has 0 radical (unpaired) electrons. The fourth-order valence-electron chi connectivity index (χ4n) is 0.0563. The monoisotopic (exact) mass is 114 g/mol. The molecule has 0 rings (SSSR count). The summed E-state index contributed by atoms with van der Waals surface area (Å²) in [5.41, 5.74) is 0. The number of alkyl halides is 2. The van der Waals surface area contributed by atoms with E-state index >= 15 is 0 Å². The minimum absolute atomic E-state index is 0.225. The number of ether oxygens (including phenoxy) is 1. The van der Waals surface area contributed by atoms with Gasteiger partial charge < -0.3 is 4.74 Å². The van der Waals surface area contributed by atoms with Gasteiger partial charge in [0.1, 0.15) is 0 Å². The van der Waals surface area contributed by atoms with Crippen LogP contribution >= 0.6 is 12.6 Å². The molecule has 0 aliphatic carbocycles. The molecule has 0 saturated carbocycles. The van der Waals surface area contributed by atoms with Gasteiger partial charge in [0.15, 0.2) is 0 Å². The highest BCUT2D eigenvalue weighted by Crippen LogP contribution is 1.93. The van der Waals surface area contributed by atoms with Crippen LogP contribution in [-0.4, -0.2) is 12.6 Å². The van der Waals surface area contributed by atoms with Crippen LogP contribution in [0.4, 0.5) is 8.78 Å². The van der Waals surface area contributed by atoms with Crippen LogP contribution in [0.3, 0.4) is 0 Å². The number of hydrogen-bond acceptors (Lipinski definition) is 2. The lowest BCUT2D eigenvalue weighted by molar-refractivity contribution is -0.111. The number of thiol groups is 1. The van der Waals surface area contributed by atoms with Gasteiger partial charge in [-0.25, -0.2) is 0 Å². The number of hydrogen-bond donors (Lipinski definition) is 1. The molecule has 4 heteroatoms. The molecule has 0 aromatic heterocycles. The van der Waals surface area contributed by atoms with Crippen molar-refractivity contribution in [1.29, 1.82) is 0 Å². The van der Waals surface area contributed by atoms with Crippen molar-refractivity contribution in [2.45, 2.75) is 6.61 Å². The van der Waals surface area contributed by atoms with Gasteiger partial charge in [0, 0.05) is 0 Å². The predicted octanol–water partition coefficient (Wildman–Crippen LogP) is 1.11. The lowest BCUT2D eigenvalue weighted by Crippen LogP contribution is -1.94. The number of halogens is 2. The Hall–Kier alpha value is 0.170. The van der Waals surface area contributed by atoms with Crippen molar-refractivity contribution in [1.82, 2.24) is 0 Å². The van der Waals surface area contributed by atoms with E-state index in [1.54, 1.807) is 0 Å². The average Bonchev–Trinajstić information content (AvgIpc) is 1.35. The van der Waals surface area contributed by atoms with E-state index in [0.717, 1.165) is 0 Å². The third kappa shape index (κ3) is 4.17. The zero-order chi connectivity index (χ0) is 4.99. The molecule has 0 heterocycles. The summed E-state index contributed by atoms with van der Waals surface area (Å²) in [4.78, 5) is 0. The molecule has 0 N–H and O–H groups in total. The van der Waals surface area contributed by atoms with E-state index in [4.69, 9.17) is 0 Å². The summed E-state index contributed by atoms with van der Waals surface area (Å²) in [7, 11) is 0. The van der Waals surface area contributed by atoms with Gasteiger partial charge in [0.2, 0.25) is 0 Å². The molecule has 0 aliphatic heterocycles. The van der Waals surface area contributed by atoms with Gasteiger partial charge in [-0.15, -0.1) is 0 Å². The maximum Gasteiger partial charge on any atom is 0.346 e. The van der Waals surface area contributed by atoms with Crippen molar-refractivity contribution in [2.24, 2.45) is 0 Å². The van der Waals surface area contributed by atoms with E-state index in [9.17, 15) is 8.78 Å². The minimum atomic E-state index is -2.68. The molecule has 0 saturated heterocycles. The maximum atomic E-state index is 10.8. The first-order valence-electron chi connectivity index (χ1n) is 1.28. The second kappa shape index (κ2) is 3.36. The highest BCUT2D eigenvalue weighted by Gasteiger charge is 1.95. The fourth-order valence-corrected chi connectivity index (χ4v) is 0.169. The molecule has 0 aliphatic rings. The molecule has 0 amide bonds. The molecule has 0 spiro atoms. The van der Waals surface area contributed by atoms with Crippen LogP contribution in [0.2, 0.25) is 0 Å².